The van der Waals surface area contributed by atoms with E-state index < -0.39 is 29.1 Å². The van der Waals surface area contributed by atoms with E-state index in [1.807, 2.05) is 12.2 Å². The number of carbonyl (C=O) groups is 2. The average Bonchev–Trinajstić information content (AvgIpc) is 3.09. The van der Waals surface area contributed by atoms with Crippen LogP contribution in [0.25, 0.3) is 0 Å². The highest BCUT2D eigenvalue weighted by Gasteiger charge is 2.59. The number of esters is 2. The van der Waals surface area contributed by atoms with E-state index in [9.17, 15) is 19.8 Å². The molecule has 3 aliphatic heterocycles. The van der Waals surface area contributed by atoms with Crippen molar-refractivity contribution < 1.29 is 33.8 Å². The normalized spacial score (nSPS) is 45.9. The lowest BCUT2D eigenvalue weighted by molar-refractivity contribution is -0.920. The van der Waals surface area contributed by atoms with Crippen LogP contribution >= 0.6 is 0 Å². The average molecular weight is 366 g/mol. The van der Waals surface area contributed by atoms with E-state index in [1.165, 1.54) is 20.8 Å². The fraction of sp³-hybridized carbons (Fsp3) is 0.684. The van der Waals surface area contributed by atoms with Crippen LogP contribution in [0.15, 0.2) is 24.3 Å². The highest BCUT2D eigenvalue weighted by atomic mass is 16.6. The summed E-state index contributed by atoms with van der Waals surface area (Å²) in [4.78, 5) is 25.2. The van der Waals surface area contributed by atoms with Crippen molar-refractivity contribution in [1.29, 1.82) is 0 Å². The van der Waals surface area contributed by atoms with Gasteiger partial charge in [-0.1, -0.05) is 6.58 Å². The summed E-state index contributed by atoms with van der Waals surface area (Å²) in [7, 11) is 0. The summed E-state index contributed by atoms with van der Waals surface area (Å²) in [5.41, 5.74) is -3.38. The summed E-state index contributed by atoms with van der Waals surface area (Å²) < 4.78 is 11.8. The minimum absolute atomic E-state index is 0.00923. The van der Waals surface area contributed by atoms with E-state index in [0.29, 0.717) is 10.9 Å². The molecule has 0 aromatic carbocycles. The maximum atomic E-state index is 12.7. The van der Waals surface area contributed by atoms with Crippen LogP contribution < -0.4 is 0 Å². The Morgan fingerprint density at radius 2 is 2.08 bits per heavy atom. The number of aliphatic hydroxyl groups is 2. The number of cyclic esters (lactones) is 1. The summed E-state index contributed by atoms with van der Waals surface area (Å²) in [6.45, 7) is 10.1. The zero-order valence-corrected chi connectivity index (χ0v) is 15.6. The van der Waals surface area contributed by atoms with Gasteiger partial charge in [-0.2, -0.15) is 0 Å². The maximum absolute atomic E-state index is 12.7. The minimum Gasteiger partial charge on any atom is -0.459 e. The molecule has 7 heteroatoms. The van der Waals surface area contributed by atoms with Gasteiger partial charge in [0.2, 0.25) is 0 Å². The Morgan fingerprint density at radius 1 is 1.38 bits per heavy atom. The fourth-order valence-electron chi connectivity index (χ4n) is 4.45. The van der Waals surface area contributed by atoms with Crippen LogP contribution in [0.4, 0.5) is 0 Å². The zero-order valence-electron chi connectivity index (χ0n) is 15.6. The number of hydrogen-bond donors (Lipinski definition) is 2. The third-order valence-corrected chi connectivity index (χ3v) is 6.61. The molecule has 26 heavy (non-hydrogen) atoms. The lowest BCUT2D eigenvalue weighted by atomic mass is 9.76. The Kier molecular flexibility index (Phi) is 4.53. The molecule has 7 nitrogen and oxygen atoms in total. The Balaban J connectivity index is 1.99. The number of nitrogens with zero attached hydrogens (tertiary/aromatic N) is 1. The van der Waals surface area contributed by atoms with Gasteiger partial charge in [-0.3, -0.25) is 4.79 Å². The molecule has 1 unspecified atom stereocenters. The zero-order chi connectivity index (χ0) is 19.3. The molecule has 0 aromatic heterocycles. The van der Waals surface area contributed by atoms with E-state index in [2.05, 4.69) is 6.58 Å². The van der Waals surface area contributed by atoms with Crippen molar-refractivity contribution in [2.45, 2.75) is 50.5 Å². The molecule has 2 saturated heterocycles. The van der Waals surface area contributed by atoms with Gasteiger partial charge in [-0.15, -0.1) is 0 Å². The number of ether oxygens (including phenoxy) is 2. The molecule has 0 amide bonds. The number of rotatable bonds is 2. The Hall–Kier alpha value is -1.70. The standard InChI is InChI=1S/C19H28NO6/c1-5-8-20-9-6-13-11-25-17(22)19(4,24)18(3,23)12(2)16(21)26-14(7-10-20)15(13)20/h5-6,12,14-15,23-24H,1,7-11H2,2-4H3/q+1/t12-,14-,15-,18+,19-,20?/m1/s1. The van der Waals surface area contributed by atoms with Crippen LogP contribution in [-0.4, -0.2) is 76.2 Å². The summed E-state index contributed by atoms with van der Waals surface area (Å²) in [6.07, 6.45) is 4.23. The lowest BCUT2D eigenvalue weighted by Gasteiger charge is -2.39. The predicted molar refractivity (Wildman–Crippen MR) is 92.8 cm³/mol. The molecule has 144 valence electrons. The van der Waals surface area contributed by atoms with Crippen LogP contribution in [0.2, 0.25) is 0 Å². The smallest absolute Gasteiger partial charge is 0.341 e. The molecule has 0 aromatic rings. The van der Waals surface area contributed by atoms with Gasteiger partial charge in [-0.25, -0.2) is 4.79 Å². The summed E-state index contributed by atoms with van der Waals surface area (Å²) in [5, 5.41) is 21.4. The molecule has 0 radical (unpaired) electrons. The van der Waals surface area contributed by atoms with Gasteiger partial charge in [0.05, 0.1) is 25.6 Å². The van der Waals surface area contributed by atoms with Crippen molar-refractivity contribution in [2.24, 2.45) is 5.92 Å². The topological polar surface area (TPSA) is 93.1 Å². The first-order valence-electron chi connectivity index (χ1n) is 9.05. The quantitative estimate of drug-likeness (QED) is 0.415. The molecule has 2 N–H and O–H groups in total. The Bertz CT molecular complexity index is 667. The molecule has 0 bridgehead atoms. The third kappa shape index (κ3) is 2.61. The van der Waals surface area contributed by atoms with Crippen LogP contribution in [0, 0.1) is 5.92 Å². The van der Waals surface area contributed by atoms with Gasteiger partial charge in [0, 0.05) is 12.0 Å². The number of carbonyl (C=O) groups excluding carboxylic acids is 2. The molecule has 3 heterocycles. The summed E-state index contributed by atoms with van der Waals surface area (Å²) >= 11 is 0. The van der Waals surface area contributed by atoms with Crippen molar-refractivity contribution in [3.8, 4) is 0 Å². The third-order valence-electron chi connectivity index (χ3n) is 6.61. The van der Waals surface area contributed by atoms with Crippen molar-refractivity contribution in [3.05, 3.63) is 24.3 Å². The summed E-state index contributed by atoms with van der Waals surface area (Å²) in [5.74, 6) is -2.67. The van der Waals surface area contributed by atoms with Gasteiger partial charge >= 0.3 is 11.9 Å². The molecule has 3 rings (SSSR count). The van der Waals surface area contributed by atoms with Crippen molar-refractivity contribution >= 4 is 11.9 Å². The molecule has 3 aliphatic rings. The van der Waals surface area contributed by atoms with Crippen LogP contribution in [-0.2, 0) is 19.1 Å². The minimum atomic E-state index is -2.24. The first kappa shape index (κ1) is 19.1. The van der Waals surface area contributed by atoms with Gasteiger partial charge in [0.15, 0.2) is 17.7 Å². The first-order chi connectivity index (χ1) is 12.1. The SMILES string of the molecule is C=CC[N+]12CC=C3COC(=O)[C@@](C)(O)[C@@](C)(O)[C@H](C)C(=O)O[C@H](CC1)[C@@H]32. The van der Waals surface area contributed by atoms with E-state index in [4.69, 9.17) is 9.47 Å². The van der Waals surface area contributed by atoms with Gasteiger partial charge in [0.1, 0.15) is 12.2 Å². The Labute approximate surface area is 153 Å². The van der Waals surface area contributed by atoms with Gasteiger partial charge in [0.25, 0.3) is 0 Å². The molecule has 2 fully saturated rings. The summed E-state index contributed by atoms with van der Waals surface area (Å²) in [6, 6.07) is -0.0926. The van der Waals surface area contributed by atoms with Crippen LogP contribution in [0.5, 0.6) is 0 Å². The van der Waals surface area contributed by atoms with E-state index in [1.54, 1.807) is 0 Å². The maximum Gasteiger partial charge on any atom is 0.341 e. The van der Waals surface area contributed by atoms with Crippen LogP contribution in [0.1, 0.15) is 27.2 Å². The molecule has 0 spiro atoms. The molecular weight excluding hydrogens is 338 g/mol. The lowest BCUT2D eigenvalue weighted by Crippen LogP contribution is -2.61. The van der Waals surface area contributed by atoms with E-state index >= 15 is 0 Å². The van der Waals surface area contributed by atoms with Gasteiger partial charge in [-0.05, 0) is 32.9 Å². The molecular formula is C19H28NO6+. The Morgan fingerprint density at radius 3 is 2.73 bits per heavy atom. The highest BCUT2D eigenvalue weighted by molar-refractivity contribution is 5.83. The highest BCUT2D eigenvalue weighted by Crippen LogP contribution is 2.41. The predicted octanol–water partition coefficient (Wildman–Crippen LogP) is 0.308. The monoisotopic (exact) mass is 366 g/mol. The van der Waals surface area contributed by atoms with Crippen molar-refractivity contribution in [2.75, 3.05) is 26.2 Å². The largest absolute Gasteiger partial charge is 0.459 e. The van der Waals surface area contributed by atoms with Crippen molar-refractivity contribution in [3.63, 3.8) is 0 Å². The van der Waals surface area contributed by atoms with Gasteiger partial charge < -0.3 is 24.2 Å². The molecule has 6 atom stereocenters. The van der Waals surface area contributed by atoms with Crippen LogP contribution in [0.3, 0.4) is 0 Å². The second-order valence-corrected chi connectivity index (χ2v) is 8.10. The first-order valence-corrected chi connectivity index (χ1v) is 9.05. The fourth-order valence-corrected chi connectivity index (χ4v) is 4.45. The number of hydrogen-bond acceptors (Lipinski definition) is 6. The molecule has 0 saturated carbocycles. The number of quaternary nitrogens is 1. The second-order valence-electron chi connectivity index (χ2n) is 8.10. The van der Waals surface area contributed by atoms with Crippen molar-refractivity contribution in [1.82, 2.24) is 0 Å². The van der Waals surface area contributed by atoms with E-state index in [-0.39, 0.29) is 18.8 Å². The second kappa shape index (κ2) is 6.18. The van der Waals surface area contributed by atoms with E-state index in [0.717, 1.165) is 25.2 Å². The molecule has 0 aliphatic carbocycles.